The number of hydrogen-bond donors (Lipinski definition) is 2. The second-order valence-electron chi connectivity index (χ2n) is 5.52. The third-order valence-electron chi connectivity index (χ3n) is 3.77. The van der Waals surface area contributed by atoms with Crippen LogP contribution in [0.2, 0.25) is 0 Å². The van der Waals surface area contributed by atoms with Gasteiger partial charge in [0.2, 0.25) is 0 Å². The maximum atomic E-state index is 12.8. The smallest absolute Gasteiger partial charge is 0.188 e. The third kappa shape index (κ3) is 4.98. The lowest BCUT2D eigenvalue weighted by Crippen LogP contribution is -2.41. The minimum absolute atomic E-state index is 0.0886. The number of nitrogens with one attached hydrogen (secondary N) is 1. The summed E-state index contributed by atoms with van der Waals surface area (Å²) in [5, 5.41) is 3.14. The summed E-state index contributed by atoms with van der Waals surface area (Å²) >= 11 is 0. The van der Waals surface area contributed by atoms with Crippen LogP contribution in [-0.2, 0) is 9.84 Å². The molecule has 0 heterocycles. The van der Waals surface area contributed by atoms with E-state index in [1.54, 1.807) is 0 Å². The molecule has 5 nitrogen and oxygen atoms in total. The van der Waals surface area contributed by atoms with Crippen molar-refractivity contribution in [3.8, 4) is 0 Å². The maximum Gasteiger partial charge on any atom is 0.188 e. The van der Waals surface area contributed by atoms with Crippen LogP contribution < -0.4 is 11.1 Å². The van der Waals surface area contributed by atoms with Crippen molar-refractivity contribution in [1.29, 1.82) is 0 Å². The minimum atomic E-state index is -3.46. The van der Waals surface area contributed by atoms with Gasteiger partial charge < -0.3 is 11.1 Å². The Kier molecular flexibility index (Phi) is 5.76. The molecule has 7 heteroatoms. The van der Waals surface area contributed by atoms with Crippen LogP contribution in [-0.4, -0.2) is 32.7 Å². The zero-order valence-electron chi connectivity index (χ0n) is 12.5. The van der Waals surface area contributed by atoms with E-state index in [2.05, 4.69) is 10.3 Å². The molecule has 1 aliphatic carbocycles. The normalized spacial score (nSPS) is 17.4. The number of sulfone groups is 1. The molecular formula is C15H22FN3O2S. The van der Waals surface area contributed by atoms with E-state index in [4.69, 9.17) is 5.73 Å². The molecule has 1 aromatic carbocycles. The first-order valence-corrected chi connectivity index (χ1v) is 9.17. The summed E-state index contributed by atoms with van der Waals surface area (Å²) in [5.41, 5.74) is 5.79. The Hall–Kier alpha value is -1.63. The lowest BCUT2D eigenvalue weighted by Gasteiger charge is -2.23. The molecule has 0 aliphatic heterocycles. The summed E-state index contributed by atoms with van der Waals surface area (Å²) in [5.74, 6) is -0.315. The molecule has 0 atom stereocenters. The summed E-state index contributed by atoms with van der Waals surface area (Å²) < 4.78 is 36.9. The molecule has 0 saturated heterocycles. The molecule has 1 fully saturated rings. The highest BCUT2D eigenvalue weighted by Crippen LogP contribution is 2.17. The average Bonchev–Trinajstić information content (AvgIpc) is 2.48. The fourth-order valence-corrected chi connectivity index (χ4v) is 3.67. The van der Waals surface area contributed by atoms with Gasteiger partial charge in [-0.3, -0.25) is 4.99 Å². The lowest BCUT2D eigenvalue weighted by atomic mass is 9.96. The standard InChI is InChI=1S/C15H22FN3O2S/c16-12-6-8-14(9-7-12)22(20,21)11-10-18-15(17)19-13-4-2-1-3-5-13/h6-9,13H,1-5,10-11H2,(H3,17,18,19). The predicted molar refractivity (Wildman–Crippen MR) is 85.0 cm³/mol. The predicted octanol–water partition coefficient (Wildman–Crippen LogP) is 1.84. The summed E-state index contributed by atoms with van der Waals surface area (Å²) in [4.78, 5) is 4.18. The van der Waals surface area contributed by atoms with Crippen molar-refractivity contribution in [1.82, 2.24) is 5.32 Å². The summed E-state index contributed by atoms with van der Waals surface area (Å²) in [6.45, 7) is 0.0886. The second kappa shape index (κ2) is 7.58. The van der Waals surface area contributed by atoms with E-state index < -0.39 is 15.7 Å². The van der Waals surface area contributed by atoms with Gasteiger partial charge in [-0.1, -0.05) is 19.3 Å². The van der Waals surface area contributed by atoms with Crippen molar-refractivity contribution in [2.45, 2.75) is 43.0 Å². The highest BCUT2D eigenvalue weighted by Gasteiger charge is 2.15. The van der Waals surface area contributed by atoms with Gasteiger partial charge in [0.05, 0.1) is 17.2 Å². The van der Waals surface area contributed by atoms with Crippen LogP contribution in [0.5, 0.6) is 0 Å². The van der Waals surface area contributed by atoms with Crippen molar-refractivity contribution in [2.24, 2.45) is 10.7 Å². The summed E-state index contributed by atoms with van der Waals surface area (Å²) in [6.07, 6.45) is 5.77. The first-order chi connectivity index (χ1) is 10.5. The van der Waals surface area contributed by atoms with E-state index in [-0.39, 0.29) is 17.2 Å². The van der Waals surface area contributed by atoms with Crippen molar-refractivity contribution in [3.05, 3.63) is 30.1 Å². The van der Waals surface area contributed by atoms with Crippen LogP contribution in [0.3, 0.4) is 0 Å². The quantitative estimate of drug-likeness (QED) is 0.491. The number of guanidine groups is 1. The van der Waals surface area contributed by atoms with Crippen LogP contribution >= 0.6 is 0 Å². The maximum absolute atomic E-state index is 12.8. The Labute approximate surface area is 130 Å². The van der Waals surface area contributed by atoms with Crippen LogP contribution in [0.4, 0.5) is 4.39 Å². The van der Waals surface area contributed by atoms with E-state index in [1.165, 1.54) is 31.4 Å². The van der Waals surface area contributed by atoms with Gasteiger partial charge in [-0.15, -0.1) is 0 Å². The molecule has 1 aliphatic rings. The molecule has 0 spiro atoms. The summed E-state index contributed by atoms with van der Waals surface area (Å²) in [7, 11) is -3.46. The van der Waals surface area contributed by atoms with Gasteiger partial charge in [0.25, 0.3) is 0 Å². The molecule has 0 aromatic heterocycles. The number of nitrogens with zero attached hydrogens (tertiary/aromatic N) is 1. The first kappa shape index (κ1) is 16.7. The number of hydrogen-bond acceptors (Lipinski definition) is 3. The molecule has 3 N–H and O–H groups in total. The molecule has 0 unspecified atom stereocenters. The van der Waals surface area contributed by atoms with E-state index in [9.17, 15) is 12.8 Å². The Morgan fingerprint density at radius 3 is 2.50 bits per heavy atom. The van der Waals surface area contributed by atoms with Crippen molar-refractivity contribution >= 4 is 15.8 Å². The van der Waals surface area contributed by atoms with E-state index >= 15 is 0 Å². The number of nitrogens with two attached hydrogens (primary N) is 1. The largest absolute Gasteiger partial charge is 0.370 e. The van der Waals surface area contributed by atoms with Crippen molar-refractivity contribution in [3.63, 3.8) is 0 Å². The number of halogens is 1. The van der Waals surface area contributed by atoms with Gasteiger partial charge in [-0.05, 0) is 37.1 Å². The first-order valence-electron chi connectivity index (χ1n) is 7.52. The Morgan fingerprint density at radius 1 is 1.23 bits per heavy atom. The minimum Gasteiger partial charge on any atom is -0.370 e. The number of benzene rings is 1. The zero-order chi connectivity index (χ0) is 16.0. The number of aliphatic imine (C=N–C) groups is 1. The molecule has 22 heavy (non-hydrogen) atoms. The Balaban J connectivity index is 1.85. The summed E-state index contributed by atoms with van der Waals surface area (Å²) in [6, 6.07) is 5.13. The second-order valence-corrected chi connectivity index (χ2v) is 7.63. The van der Waals surface area contributed by atoms with Gasteiger partial charge in [-0.25, -0.2) is 12.8 Å². The number of rotatable bonds is 5. The van der Waals surface area contributed by atoms with Crippen LogP contribution in [0.15, 0.2) is 34.2 Å². The molecule has 2 rings (SSSR count). The zero-order valence-corrected chi connectivity index (χ0v) is 13.3. The van der Waals surface area contributed by atoms with E-state index in [0.29, 0.717) is 12.0 Å². The van der Waals surface area contributed by atoms with Gasteiger partial charge in [0.1, 0.15) is 5.82 Å². The highest BCUT2D eigenvalue weighted by molar-refractivity contribution is 7.91. The molecule has 1 saturated carbocycles. The molecule has 1 aromatic rings. The topological polar surface area (TPSA) is 84.5 Å². The lowest BCUT2D eigenvalue weighted by molar-refractivity contribution is 0.412. The van der Waals surface area contributed by atoms with Gasteiger partial charge in [0, 0.05) is 6.04 Å². The fraction of sp³-hybridized carbons (Fsp3) is 0.533. The van der Waals surface area contributed by atoms with Crippen LogP contribution in [0.1, 0.15) is 32.1 Å². The molecule has 122 valence electrons. The van der Waals surface area contributed by atoms with Gasteiger partial charge in [0.15, 0.2) is 15.8 Å². The monoisotopic (exact) mass is 327 g/mol. The molecule has 0 amide bonds. The highest BCUT2D eigenvalue weighted by atomic mass is 32.2. The van der Waals surface area contributed by atoms with Gasteiger partial charge >= 0.3 is 0 Å². The molecule has 0 radical (unpaired) electrons. The van der Waals surface area contributed by atoms with E-state index in [0.717, 1.165) is 25.0 Å². The molecular weight excluding hydrogens is 305 g/mol. The molecule has 0 bridgehead atoms. The fourth-order valence-electron chi connectivity index (χ4n) is 2.55. The van der Waals surface area contributed by atoms with Crippen molar-refractivity contribution < 1.29 is 12.8 Å². The van der Waals surface area contributed by atoms with Crippen molar-refractivity contribution in [2.75, 3.05) is 12.3 Å². The Morgan fingerprint density at radius 2 is 1.86 bits per heavy atom. The average molecular weight is 327 g/mol. The van der Waals surface area contributed by atoms with Crippen LogP contribution in [0, 0.1) is 5.82 Å². The van der Waals surface area contributed by atoms with Crippen LogP contribution in [0.25, 0.3) is 0 Å². The SMILES string of the molecule is NC(=NCCS(=O)(=O)c1ccc(F)cc1)NC1CCCCC1. The third-order valence-corrected chi connectivity index (χ3v) is 5.48. The Bertz CT molecular complexity index is 608. The van der Waals surface area contributed by atoms with E-state index in [1.807, 2.05) is 0 Å². The van der Waals surface area contributed by atoms with Gasteiger partial charge in [-0.2, -0.15) is 0 Å².